The molecule has 2 aromatic carbocycles. The molecule has 0 radical (unpaired) electrons. The van der Waals surface area contributed by atoms with E-state index < -0.39 is 13.9 Å². The van der Waals surface area contributed by atoms with Gasteiger partial charge < -0.3 is 9.53 Å². The maximum Gasteiger partial charge on any atom is 0.0871 e. The average Bonchev–Trinajstić information content (AvgIpc) is 3.16. The van der Waals surface area contributed by atoms with Crippen LogP contribution in [0.5, 0.6) is 0 Å². The number of rotatable bonds is 5. The lowest BCUT2D eigenvalue weighted by Gasteiger charge is -2.56. The summed E-state index contributed by atoms with van der Waals surface area (Å²) in [4.78, 5) is 0. The van der Waals surface area contributed by atoms with Gasteiger partial charge in [0, 0.05) is 6.61 Å². The van der Waals surface area contributed by atoms with E-state index in [1.807, 2.05) is 12.1 Å². The highest BCUT2D eigenvalue weighted by Crippen LogP contribution is 2.45. The Balaban J connectivity index is 2.10. The van der Waals surface area contributed by atoms with Gasteiger partial charge in [0.25, 0.3) is 0 Å². The van der Waals surface area contributed by atoms with E-state index in [2.05, 4.69) is 76.2 Å². The molecule has 1 aliphatic carbocycles. The van der Waals surface area contributed by atoms with Gasteiger partial charge >= 0.3 is 0 Å². The third-order valence-electron chi connectivity index (χ3n) is 5.37. The Bertz CT molecular complexity index is 638. The highest BCUT2D eigenvalue weighted by Gasteiger charge is 2.50. The van der Waals surface area contributed by atoms with Crippen molar-refractivity contribution in [2.24, 2.45) is 5.92 Å². The van der Waals surface area contributed by atoms with Crippen molar-refractivity contribution in [3.05, 3.63) is 60.7 Å². The van der Waals surface area contributed by atoms with Crippen molar-refractivity contribution in [2.45, 2.75) is 44.8 Å². The second-order valence-electron chi connectivity index (χ2n) is 8.16. The van der Waals surface area contributed by atoms with Crippen LogP contribution in [-0.4, -0.2) is 25.6 Å². The van der Waals surface area contributed by atoms with Crippen LogP contribution < -0.4 is 10.4 Å². The molecule has 2 aromatic rings. The van der Waals surface area contributed by atoms with Crippen molar-refractivity contribution < 1.29 is 9.53 Å². The second-order valence-corrected chi connectivity index (χ2v) is 12.5. The quantitative estimate of drug-likeness (QED) is 0.846. The molecule has 0 amide bonds. The Morgan fingerprint density at radius 1 is 1.00 bits per heavy atom. The molecule has 1 fully saturated rings. The normalized spacial score (nSPS) is 24.0. The van der Waals surface area contributed by atoms with Gasteiger partial charge in [0.05, 0.1) is 13.9 Å². The van der Waals surface area contributed by atoms with Crippen LogP contribution in [-0.2, 0) is 4.43 Å². The van der Waals surface area contributed by atoms with Gasteiger partial charge in [-0.05, 0) is 12.3 Å². The zero-order valence-electron chi connectivity index (χ0n) is 15.1. The summed E-state index contributed by atoms with van der Waals surface area (Å²) in [6.45, 7) is 9.30. The zero-order valence-corrected chi connectivity index (χ0v) is 16.1. The number of hydrogen-bond donors (Lipinski definition) is 1. The lowest BCUT2D eigenvalue weighted by Crippen LogP contribution is -2.67. The fourth-order valence-corrected chi connectivity index (χ4v) is 8.29. The Morgan fingerprint density at radius 2 is 1.42 bits per heavy atom. The molecule has 1 saturated carbocycles. The summed E-state index contributed by atoms with van der Waals surface area (Å²) in [5.41, 5.74) is -0.646. The van der Waals surface area contributed by atoms with Gasteiger partial charge in [-0.3, -0.25) is 0 Å². The van der Waals surface area contributed by atoms with Crippen LogP contribution in [0.25, 0.3) is 0 Å². The van der Waals surface area contributed by atoms with E-state index in [1.165, 1.54) is 10.4 Å². The van der Waals surface area contributed by atoms with Crippen molar-refractivity contribution in [1.82, 2.24) is 0 Å². The summed E-state index contributed by atoms with van der Waals surface area (Å²) >= 11 is 0. The molecule has 0 aromatic heterocycles. The standard InChI is InChI=1S/C21H28O2Si/c1-17-15-21(17,22)16-23-24(20(2,3)4,18-11-7-5-8-12-18)19-13-9-6-10-14-19/h5-14,17,22H,15-16H2,1-4H3/q-1/t17?,21-/m0/s1. The summed E-state index contributed by atoms with van der Waals surface area (Å²) < 4.78 is 6.75. The summed E-state index contributed by atoms with van der Waals surface area (Å²) in [6, 6.07) is 21.2. The molecule has 2 atom stereocenters. The number of hydrogen-bond acceptors (Lipinski definition) is 2. The van der Waals surface area contributed by atoms with Crippen LogP contribution in [0.15, 0.2) is 60.7 Å². The predicted octanol–water partition coefficient (Wildman–Crippen LogP) is 3.33. The average molecular weight is 341 g/mol. The van der Waals surface area contributed by atoms with E-state index in [0.29, 0.717) is 12.5 Å². The first-order valence-electron chi connectivity index (χ1n) is 8.77. The highest BCUT2D eigenvalue weighted by molar-refractivity contribution is 6.99. The van der Waals surface area contributed by atoms with Gasteiger partial charge in [-0.15, -0.1) is 5.04 Å². The minimum atomic E-state index is -2.51. The lowest BCUT2D eigenvalue weighted by molar-refractivity contribution is 0.0686. The van der Waals surface area contributed by atoms with E-state index in [4.69, 9.17) is 4.43 Å². The Hall–Kier alpha value is -1.42. The van der Waals surface area contributed by atoms with Gasteiger partial charge in [0.1, 0.15) is 0 Å². The van der Waals surface area contributed by atoms with Crippen LogP contribution in [0.2, 0.25) is 5.04 Å². The first-order valence-corrected chi connectivity index (χ1v) is 10.7. The van der Waals surface area contributed by atoms with E-state index in [0.717, 1.165) is 6.42 Å². The van der Waals surface area contributed by atoms with Crippen molar-refractivity contribution in [3.8, 4) is 0 Å². The van der Waals surface area contributed by atoms with Gasteiger partial charge in [0.15, 0.2) is 0 Å². The third-order valence-corrected chi connectivity index (χ3v) is 10.4. The van der Waals surface area contributed by atoms with Crippen molar-refractivity contribution in [3.63, 3.8) is 0 Å². The number of benzene rings is 2. The van der Waals surface area contributed by atoms with Gasteiger partial charge in [-0.2, -0.15) is 10.4 Å². The molecule has 0 saturated heterocycles. The third kappa shape index (κ3) is 2.96. The largest absolute Gasteiger partial charge is 0.556 e. The van der Waals surface area contributed by atoms with Crippen molar-refractivity contribution in [1.29, 1.82) is 0 Å². The first kappa shape index (κ1) is 17.4. The highest BCUT2D eigenvalue weighted by atomic mass is 28.4. The molecule has 0 heterocycles. The maximum absolute atomic E-state index is 10.6. The van der Waals surface area contributed by atoms with E-state index in [1.54, 1.807) is 0 Å². The van der Waals surface area contributed by atoms with E-state index in [-0.39, 0.29) is 5.04 Å². The van der Waals surface area contributed by atoms with Gasteiger partial charge in [0.2, 0.25) is 0 Å². The molecule has 3 rings (SSSR count). The van der Waals surface area contributed by atoms with Crippen LogP contribution in [0, 0.1) is 5.92 Å². The van der Waals surface area contributed by atoms with Crippen LogP contribution in [0.4, 0.5) is 0 Å². The van der Waals surface area contributed by atoms with Gasteiger partial charge in [-0.1, -0.05) is 88.4 Å². The Morgan fingerprint density at radius 3 is 1.75 bits per heavy atom. The monoisotopic (exact) mass is 340 g/mol. The molecule has 129 valence electrons. The van der Waals surface area contributed by atoms with Crippen molar-refractivity contribution >= 4 is 18.7 Å². The topological polar surface area (TPSA) is 29.5 Å². The first-order chi connectivity index (χ1) is 11.3. The summed E-state index contributed by atoms with van der Waals surface area (Å²) in [5, 5.41) is 13.1. The van der Waals surface area contributed by atoms with E-state index in [9.17, 15) is 5.11 Å². The SMILES string of the molecule is CC1C[C@]1(O)CO[Si-](c1ccccc1)(c1ccccc1)C(C)(C)C. The second kappa shape index (κ2) is 6.14. The van der Waals surface area contributed by atoms with Gasteiger partial charge in [-0.25, -0.2) is 0 Å². The van der Waals surface area contributed by atoms with Crippen LogP contribution in [0.3, 0.4) is 0 Å². The fourth-order valence-electron chi connectivity index (χ4n) is 3.67. The lowest BCUT2D eigenvalue weighted by atomic mass is 10.2. The molecule has 0 spiro atoms. The molecular formula is C21H28O2Si-. The smallest absolute Gasteiger partial charge is 0.0871 e. The predicted molar refractivity (Wildman–Crippen MR) is 102 cm³/mol. The van der Waals surface area contributed by atoms with Crippen LogP contribution in [0.1, 0.15) is 34.1 Å². The molecule has 1 N–H and O–H groups in total. The zero-order chi connectivity index (χ0) is 17.4. The fraction of sp³-hybridized carbons (Fsp3) is 0.429. The molecule has 1 unspecified atom stereocenters. The minimum absolute atomic E-state index is 0.0375. The number of aliphatic hydroxyl groups is 1. The molecule has 0 bridgehead atoms. The molecule has 0 aliphatic heterocycles. The molecule has 2 nitrogen and oxygen atoms in total. The Kier molecular flexibility index (Phi) is 4.45. The maximum atomic E-state index is 10.6. The molecule has 24 heavy (non-hydrogen) atoms. The van der Waals surface area contributed by atoms with E-state index >= 15 is 0 Å². The molecule has 3 heteroatoms. The molecule has 1 aliphatic rings. The summed E-state index contributed by atoms with van der Waals surface area (Å²) in [7, 11) is -2.51. The molecular weight excluding hydrogens is 312 g/mol. The minimum Gasteiger partial charge on any atom is -0.556 e. The summed E-state index contributed by atoms with van der Waals surface area (Å²) in [6.07, 6.45) is 0.838. The van der Waals surface area contributed by atoms with Crippen molar-refractivity contribution in [2.75, 3.05) is 6.61 Å². The van der Waals surface area contributed by atoms with Crippen LogP contribution >= 0.6 is 0 Å². The summed E-state index contributed by atoms with van der Waals surface area (Å²) in [5.74, 6) is 0.329. The Labute approximate surface area is 146 Å².